The summed E-state index contributed by atoms with van der Waals surface area (Å²) in [5.41, 5.74) is 0. The van der Waals surface area contributed by atoms with Gasteiger partial charge in [0.15, 0.2) is 4.75 Å². The van der Waals surface area contributed by atoms with E-state index in [2.05, 4.69) is 4.72 Å². The van der Waals surface area contributed by atoms with Crippen LogP contribution in [0.4, 0.5) is 0 Å². The molecule has 1 N–H and O–H groups in total. The second-order valence-corrected chi connectivity index (χ2v) is 5.59. The van der Waals surface area contributed by atoms with Gasteiger partial charge in [-0.15, -0.1) is 0 Å². The zero-order valence-corrected chi connectivity index (χ0v) is 10.5. The van der Waals surface area contributed by atoms with Crippen LogP contribution in [-0.4, -0.2) is 19.7 Å². The van der Waals surface area contributed by atoms with Gasteiger partial charge >= 0.3 is 0 Å². The summed E-state index contributed by atoms with van der Waals surface area (Å²) < 4.78 is 24.8. The number of sulfonamides is 1. The van der Waals surface area contributed by atoms with Gasteiger partial charge in [0.1, 0.15) is 0 Å². The summed E-state index contributed by atoms with van der Waals surface area (Å²) in [6.07, 6.45) is 1.29. The summed E-state index contributed by atoms with van der Waals surface area (Å²) in [7, 11) is -3.68. The van der Waals surface area contributed by atoms with E-state index in [4.69, 9.17) is 10.5 Å². The van der Waals surface area contributed by atoms with Gasteiger partial charge in [0.05, 0.1) is 12.1 Å². The monoisotopic (exact) mass is 243 g/mol. The molecule has 0 aromatic carbocycles. The Kier molecular flexibility index (Phi) is 6.02. The van der Waals surface area contributed by atoms with Crippen LogP contribution in [0.25, 0.3) is 0 Å². The smallest absolute Gasteiger partial charge is 0.213 e. The second-order valence-electron chi connectivity index (χ2n) is 3.52. The van der Waals surface area contributed by atoms with Crippen molar-refractivity contribution < 1.29 is 8.42 Å². The molecule has 0 heterocycles. The van der Waals surface area contributed by atoms with Crippen LogP contribution in [0.1, 0.15) is 39.5 Å². The summed E-state index contributed by atoms with van der Waals surface area (Å²) in [5.74, 6) is 0. The third-order valence-corrected chi connectivity index (χ3v) is 4.67. The predicted molar refractivity (Wildman–Crippen MR) is 60.7 cm³/mol. The van der Waals surface area contributed by atoms with Crippen molar-refractivity contribution in [2.45, 2.75) is 44.3 Å². The topological polar surface area (TPSA) is 93.8 Å². The van der Waals surface area contributed by atoms with E-state index in [1.54, 1.807) is 6.92 Å². The van der Waals surface area contributed by atoms with Gasteiger partial charge in [0.25, 0.3) is 0 Å². The van der Waals surface area contributed by atoms with Gasteiger partial charge in [-0.3, -0.25) is 0 Å². The highest BCUT2D eigenvalue weighted by molar-refractivity contribution is 7.91. The molecule has 0 amide bonds. The Balaban J connectivity index is 4.93. The maximum Gasteiger partial charge on any atom is 0.230 e. The van der Waals surface area contributed by atoms with Crippen LogP contribution in [0, 0.1) is 22.7 Å². The minimum Gasteiger partial charge on any atom is -0.213 e. The van der Waals surface area contributed by atoms with E-state index < -0.39 is 14.8 Å². The molecule has 6 heteroatoms. The second kappa shape index (κ2) is 6.47. The minimum atomic E-state index is -3.68. The van der Waals surface area contributed by atoms with Crippen molar-refractivity contribution in [3.05, 3.63) is 0 Å². The molecule has 5 nitrogen and oxygen atoms in total. The fourth-order valence-electron chi connectivity index (χ4n) is 1.48. The molecule has 0 radical (unpaired) electrons. The standard InChI is InChI=1S/C10H17N3O2S/c1-3-6-10(4-2,9-12)16(14,15)13-8-5-7-11/h13H,3-6,8H2,1-2H3. The average Bonchev–Trinajstić information content (AvgIpc) is 2.26. The first-order valence-corrected chi connectivity index (χ1v) is 6.75. The molecule has 16 heavy (non-hydrogen) atoms. The maximum atomic E-state index is 11.9. The molecule has 1 unspecified atom stereocenters. The molecule has 0 saturated heterocycles. The first-order valence-electron chi connectivity index (χ1n) is 5.27. The molecule has 0 spiro atoms. The molecular weight excluding hydrogens is 226 g/mol. The van der Waals surface area contributed by atoms with Crippen LogP contribution in [0.3, 0.4) is 0 Å². The van der Waals surface area contributed by atoms with Crippen molar-refractivity contribution in [3.63, 3.8) is 0 Å². The third-order valence-electron chi connectivity index (χ3n) is 2.47. The number of nitrogens with one attached hydrogen (secondary N) is 1. The molecular formula is C10H17N3O2S. The highest BCUT2D eigenvalue weighted by Crippen LogP contribution is 2.25. The van der Waals surface area contributed by atoms with Crippen molar-refractivity contribution in [2.24, 2.45) is 0 Å². The zero-order valence-electron chi connectivity index (χ0n) is 9.65. The molecule has 0 bridgehead atoms. The number of nitrogens with zero attached hydrogens (tertiary/aromatic N) is 2. The van der Waals surface area contributed by atoms with Crippen molar-refractivity contribution in [2.75, 3.05) is 6.54 Å². The SMILES string of the molecule is CCCC(C#N)(CC)S(=O)(=O)NCCC#N. The number of rotatable bonds is 7. The summed E-state index contributed by atoms with van der Waals surface area (Å²) >= 11 is 0. The molecule has 0 aromatic rings. The fourth-order valence-corrected chi connectivity index (χ4v) is 3.10. The molecule has 0 aliphatic carbocycles. The lowest BCUT2D eigenvalue weighted by Crippen LogP contribution is -2.45. The highest BCUT2D eigenvalue weighted by Gasteiger charge is 2.41. The van der Waals surface area contributed by atoms with Crippen molar-refractivity contribution in [3.8, 4) is 12.1 Å². The van der Waals surface area contributed by atoms with Gasteiger partial charge in [-0.2, -0.15) is 10.5 Å². The Bertz CT molecular complexity index is 391. The van der Waals surface area contributed by atoms with Crippen LogP contribution in [0.2, 0.25) is 0 Å². The molecule has 0 rings (SSSR count). The van der Waals surface area contributed by atoms with E-state index >= 15 is 0 Å². The van der Waals surface area contributed by atoms with Gasteiger partial charge in [-0.05, 0) is 12.8 Å². The lowest BCUT2D eigenvalue weighted by Gasteiger charge is -2.24. The van der Waals surface area contributed by atoms with E-state index in [-0.39, 0.29) is 19.4 Å². The lowest BCUT2D eigenvalue weighted by atomic mass is 10.0. The zero-order chi connectivity index (χ0) is 12.7. The van der Waals surface area contributed by atoms with Crippen molar-refractivity contribution in [1.29, 1.82) is 10.5 Å². The van der Waals surface area contributed by atoms with E-state index in [1.165, 1.54) is 0 Å². The molecule has 0 fully saturated rings. The molecule has 90 valence electrons. The quantitative estimate of drug-likeness (QED) is 0.682. The molecule has 1 atom stereocenters. The number of hydrogen-bond acceptors (Lipinski definition) is 4. The van der Waals surface area contributed by atoms with Gasteiger partial charge in [-0.1, -0.05) is 20.3 Å². The highest BCUT2D eigenvalue weighted by atomic mass is 32.2. The predicted octanol–water partition coefficient (Wildman–Crippen LogP) is 1.29. The lowest BCUT2D eigenvalue weighted by molar-refractivity contribution is 0.513. The van der Waals surface area contributed by atoms with Crippen LogP contribution in [-0.2, 0) is 10.0 Å². The summed E-state index contributed by atoms with van der Waals surface area (Å²) in [6.45, 7) is 3.58. The van der Waals surface area contributed by atoms with E-state index in [1.807, 2.05) is 19.1 Å². The minimum absolute atomic E-state index is 0.0615. The molecule has 0 saturated carbocycles. The summed E-state index contributed by atoms with van der Waals surface area (Å²) in [5, 5.41) is 17.4. The summed E-state index contributed by atoms with van der Waals surface area (Å²) in [6, 6.07) is 3.75. The Morgan fingerprint density at radius 2 is 1.94 bits per heavy atom. The Labute approximate surface area is 97.1 Å². The summed E-state index contributed by atoms with van der Waals surface area (Å²) in [4.78, 5) is 0. The molecule has 0 aliphatic rings. The average molecular weight is 243 g/mol. The van der Waals surface area contributed by atoms with E-state index in [0.717, 1.165) is 0 Å². The van der Waals surface area contributed by atoms with Crippen LogP contribution in [0.5, 0.6) is 0 Å². The van der Waals surface area contributed by atoms with Crippen molar-refractivity contribution >= 4 is 10.0 Å². The Morgan fingerprint density at radius 3 is 2.31 bits per heavy atom. The van der Waals surface area contributed by atoms with E-state index in [0.29, 0.717) is 12.8 Å². The molecule has 0 aliphatic heterocycles. The Morgan fingerprint density at radius 1 is 1.31 bits per heavy atom. The van der Waals surface area contributed by atoms with Crippen LogP contribution in [0.15, 0.2) is 0 Å². The van der Waals surface area contributed by atoms with Crippen LogP contribution >= 0.6 is 0 Å². The Hall–Kier alpha value is -1.11. The van der Waals surface area contributed by atoms with Gasteiger partial charge in [0, 0.05) is 13.0 Å². The van der Waals surface area contributed by atoms with E-state index in [9.17, 15) is 8.42 Å². The maximum absolute atomic E-state index is 11.9. The first-order chi connectivity index (χ1) is 7.49. The van der Waals surface area contributed by atoms with Crippen molar-refractivity contribution in [1.82, 2.24) is 4.72 Å². The van der Waals surface area contributed by atoms with Gasteiger partial charge in [-0.25, -0.2) is 13.1 Å². The normalized spacial score (nSPS) is 14.8. The first kappa shape index (κ1) is 14.9. The molecule has 0 aromatic heterocycles. The van der Waals surface area contributed by atoms with Crippen LogP contribution < -0.4 is 4.72 Å². The number of hydrogen-bond donors (Lipinski definition) is 1. The largest absolute Gasteiger partial charge is 0.230 e. The fraction of sp³-hybridized carbons (Fsp3) is 0.800. The third kappa shape index (κ3) is 3.19. The van der Waals surface area contributed by atoms with Gasteiger partial charge in [0.2, 0.25) is 10.0 Å². The number of nitriles is 2. The van der Waals surface area contributed by atoms with Gasteiger partial charge < -0.3 is 0 Å².